The first-order chi connectivity index (χ1) is 8.54. The Kier molecular flexibility index (Phi) is 5.91. The minimum atomic E-state index is -0.982. The maximum absolute atomic E-state index is 12.0. The molecule has 2 atom stereocenters. The molecular formula is C12H22N2O4. The Hall–Kier alpha value is -1.30. The number of carboxylic acid groups (broad SMARTS) is 1. The smallest absolute Gasteiger partial charge is 0.326 e. The van der Waals surface area contributed by atoms with E-state index in [1.165, 1.54) is 0 Å². The maximum Gasteiger partial charge on any atom is 0.326 e. The summed E-state index contributed by atoms with van der Waals surface area (Å²) in [7, 11) is 0. The van der Waals surface area contributed by atoms with Gasteiger partial charge in [-0.2, -0.15) is 0 Å². The van der Waals surface area contributed by atoms with E-state index in [0.29, 0.717) is 26.1 Å². The highest BCUT2D eigenvalue weighted by atomic mass is 16.5. The Labute approximate surface area is 107 Å². The van der Waals surface area contributed by atoms with Gasteiger partial charge in [0.1, 0.15) is 6.04 Å². The van der Waals surface area contributed by atoms with E-state index in [1.807, 2.05) is 13.8 Å². The topological polar surface area (TPSA) is 78.9 Å². The number of rotatable bonds is 4. The van der Waals surface area contributed by atoms with Crippen LogP contribution in [0.4, 0.5) is 4.79 Å². The van der Waals surface area contributed by atoms with Crippen LogP contribution in [0.2, 0.25) is 0 Å². The van der Waals surface area contributed by atoms with E-state index in [2.05, 4.69) is 5.32 Å². The van der Waals surface area contributed by atoms with Crippen molar-refractivity contribution in [3.8, 4) is 0 Å². The molecule has 1 heterocycles. The van der Waals surface area contributed by atoms with Crippen LogP contribution in [-0.4, -0.2) is 53.8 Å². The van der Waals surface area contributed by atoms with Crippen molar-refractivity contribution in [3.63, 3.8) is 0 Å². The molecule has 6 nitrogen and oxygen atoms in total. The predicted octanol–water partition coefficient (Wildman–Crippen LogP) is 1.06. The highest BCUT2D eigenvalue weighted by Gasteiger charge is 2.24. The molecule has 0 aliphatic carbocycles. The molecule has 1 saturated heterocycles. The van der Waals surface area contributed by atoms with Gasteiger partial charge in [0.15, 0.2) is 0 Å². The fraction of sp³-hybridized carbons (Fsp3) is 0.833. The molecular weight excluding hydrogens is 236 g/mol. The van der Waals surface area contributed by atoms with Gasteiger partial charge in [-0.3, -0.25) is 0 Å². The lowest BCUT2D eigenvalue weighted by atomic mass is 10.2. The van der Waals surface area contributed by atoms with Crippen LogP contribution in [0.1, 0.15) is 33.1 Å². The molecule has 1 rings (SSSR count). The van der Waals surface area contributed by atoms with Gasteiger partial charge in [-0.15, -0.1) is 0 Å². The molecule has 0 bridgehead atoms. The molecule has 1 fully saturated rings. The summed E-state index contributed by atoms with van der Waals surface area (Å²) in [4.78, 5) is 24.6. The molecule has 0 aromatic carbocycles. The first-order valence-corrected chi connectivity index (χ1v) is 6.44. The number of carbonyl (C=O) groups is 2. The number of nitrogens with one attached hydrogen (secondary N) is 1. The molecule has 2 N–H and O–H groups in total. The van der Waals surface area contributed by atoms with Crippen LogP contribution in [0.15, 0.2) is 0 Å². The second-order valence-corrected chi connectivity index (χ2v) is 4.61. The Balaban J connectivity index is 2.53. The Morgan fingerprint density at radius 2 is 2.28 bits per heavy atom. The molecule has 104 valence electrons. The average molecular weight is 258 g/mol. The second kappa shape index (κ2) is 7.20. The number of carbonyl (C=O) groups excluding carboxylic acids is 1. The summed E-state index contributed by atoms with van der Waals surface area (Å²) in [6, 6.07) is -1.12. The van der Waals surface area contributed by atoms with Crippen molar-refractivity contribution in [1.29, 1.82) is 0 Å². The van der Waals surface area contributed by atoms with Crippen molar-refractivity contribution in [2.24, 2.45) is 0 Å². The molecule has 6 heteroatoms. The summed E-state index contributed by atoms with van der Waals surface area (Å²) in [6.45, 7) is 5.55. The zero-order valence-electron chi connectivity index (χ0n) is 11.0. The summed E-state index contributed by atoms with van der Waals surface area (Å²) in [5.41, 5.74) is 0. The van der Waals surface area contributed by atoms with E-state index in [4.69, 9.17) is 9.84 Å². The quantitative estimate of drug-likeness (QED) is 0.790. The number of aliphatic carboxylic acids is 1. The van der Waals surface area contributed by atoms with Gasteiger partial charge in [0.05, 0.1) is 6.10 Å². The third-order valence-corrected chi connectivity index (χ3v) is 2.91. The van der Waals surface area contributed by atoms with Crippen LogP contribution < -0.4 is 5.32 Å². The second-order valence-electron chi connectivity index (χ2n) is 4.61. The number of hydrogen-bond donors (Lipinski definition) is 2. The summed E-state index contributed by atoms with van der Waals surface area (Å²) >= 11 is 0. The fourth-order valence-corrected chi connectivity index (χ4v) is 1.97. The van der Waals surface area contributed by atoms with Crippen LogP contribution in [-0.2, 0) is 9.53 Å². The van der Waals surface area contributed by atoms with Gasteiger partial charge < -0.3 is 20.1 Å². The van der Waals surface area contributed by atoms with Crippen molar-refractivity contribution in [2.45, 2.75) is 45.3 Å². The van der Waals surface area contributed by atoms with Crippen LogP contribution in [0.5, 0.6) is 0 Å². The van der Waals surface area contributed by atoms with Gasteiger partial charge in [-0.25, -0.2) is 9.59 Å². The minimum absolute atomic E-state index is 0.00676. The highest BCUT2D eigenvalue weighted by Crippen LogP contribution is 2.06. The van der Waals surface area contributed by atoms with Crippen LogP contribution in [0.3, 0.4) is 0 Å². The van der Waals surface area contributed by atoms with Crippen molar-refractivity contribution in [2.75, 3.05) is 19.7 Å². The van der Waals surface area contributed by atoms with Crippen molar-refractivity contribution in [1.82, 2.24) is 10.2 Å². The summed E-state index contributed by atoms with van der Waals surface area (Å²) in [5, 5.41) is 11.6. The molecule has 0 spiro atoms. The number of amides is 2. The van der Waals surface area contributed by atoms with Gasteiger partial charge in [-0.05, 0) is 19.8 Å². The molecule has 0 saturated carbocycles. The standard InChI is InChI=1S/C12H22N2O4/c1-3-5-10(11(15)16)13-12(17)14-6-4-7-18-9(2)8-14/h9-10H,3-8H2,1-2H3,(H,13,17)(H,15,16)/t9?,10-/m1/s1. The van der Waals surface area contributed by atoms with Crippen molar-refractivity contribution in [3.05, 3.63) is 0 Å². The zero-order chi connectivity index (χ0) is 13.5. The van der Waals surface area contributed by atoms with Gasteiger partial charge in [0.25, 0.3) is 0 Å². The molecule has 0 radical (unpaired) electrons. The van der Waals surface area contributed by atoms with Crippen LogP contribution >= 0.6 is 0 Å². The van der Waals surface area contributed by atoms with E-state index in [1.54, 1.807) is 4.90 Å². The van der Waals surface area contributed by atoms with Crippen molar-refractivity contribution >= 4 is 12.0 Å². The molecule has 0 aromatic heterocycles. The Morgan fingerprint density at radius 1 is 1.56 bits per heavy atom. The number of urea groups is 1. The lowest BCUT2D eigenvalue weighted by Gasteiger charge is -2.24. The summed E-state index contributed by atoms with van der Waals surface area (Å²) < 4.78 is 5.45. The number of carboxylic acids is 1. The summed E-state index contributed by atoms with van der Waals surface area (Å²) in [5.74, 6) is -0.982. The molecule has 1 aliphatic rings. The maximum atomic E-state index is 12.0. The fourth-order valence-electron chi connectivity index (χ4n) is 1.97. The van der Waals surface area contributed by atoms with Crippen LogP contribution in [0.25, 0.3) is 0 Å². The van der Waals surface area contributed by atoms with E-state index in [0.717, 1.165) is 12.8 Å². The lowest BCUT2D eigenvalue weighted by molar-refractivity contribution is -0.139. The van der Waals surface area contributed by atoms with Crippen LogP contribution in [0, 0.1) is 0 Å². The molecule has 0 aromatic rings. The minimum Gasteiger partial charge on any atom is -0.480 e. The van der Waals surface area contributed by atoms with Crippen molar-refractivity contribution < 1.29 is 19.4 Å². The Bertz CT molecular complexity index is 296. The largest absolute Gasteiger partial charge is 0.480 e. The van der Waals surface area contributed by atoms with Gasteiger partial charge in [0, 0.05) is 19.7 Å². The van der Waals surface area contributed by atoms with Gasteiger partial charge >= 0.3 is 12.0 Å². The first-order valence-electron chi connectivity index (χ1n) is 6.44. The van der Waals surface area contributed by atoms with E-state index >= 15 is 0 Å². The predicted molar refractivity (Wildman–Crippen MR) is 66.5 cm³/mol. The molecule has 1 aliphatic heterocycles. The number of ether oxygens (including phenoxy) is 1. The normalized spacial score (nSPS) is 22.1. The van der Waals surface area contributed by atoms with Gasteiger partial charge in [0.2, 0.25) is 0 Å². The first kappa shape index (κ1) is 14.8. The SMILES string of the molecule is CCC[C@@H](NC(=O)N1CCCOC(C)C1)C(=O)O. The number of hydrogen-bond acceptors (Lipinski definition) is 3. The van der Waals surface area contributed by atoms with E-state index in [9.17, 15) is 9.59 Å². The average Bonchev–Trinajstić information content (AvgIpc) is 2.53. The highest BCUT2D eigenvalue weighted by molar-refractivity contribution is 5.82. The van der Waals surface area contributed by atoms with Gasteiger partial charge in [-0.1, -0.05) is 13.3 Å². The van der Waals surface area contributed by atoms with E-state index < -0.39 is 12.0 Å². The lowest BCUT2D eigenvalue weighted by Crippen LogP contribution is -2.49. The molecule has 2 amide bonds. The number of nitrogens with zero attached hydrogens (tertiary/aromatic N) is 1. The third kappa shape index (κ3) is 4.52. The summed E-state index contributed by atoms with van der Waals surface area (Å²) in [6.07, 6.45) is 1.94. The molecule has 1 unspecified atom stereocenters. The van der Waals surface area contributed by atoms with E-state index in [-0.39, 0.29) is 12.1 Å². The monoisotopic (exact) mass is 258 g/mol. The third-order valence-electron chi connectivity index (χ3n) is 2.91. The Morgan fingerprint density at radius 3 is 2.89 bits per heavy atom. The zero-order valence-corrected chi connectivity index (χ0v) is 11.0. The molecule has 18 heavy (non-hydrogen) atoms.